The molecule has 1 N–H and O–H groups in total. The normalized spacial score (nSPS) is 15.9. The number of hydrogen-bond acceptors (Lipinski definition) is 4. The van der Waals surface area contributed by atoms with Gasteiger partial charge in [-0.15, -0.1) is 10.2 Å². The molecule has 6 heteroatoms. The maximum absolute atomic E-state index is 12.1. The van der Waals surface area contributed by atoms with Crippen molar-refractivity contribution in [3.05, 3.63) is 35.8 Å². The second kappa shape index (κ2) is 6.77. The van der Waals surface area contributed by atoms with Crippen LogP contribution in [-0.2, 0) is 24.2 Å². The van der Waals surface area contributed by atoms with Crippen LogP contribution in [-0.4, -0.2) is 20.7 Å². The molecule has 1 aliphatic heterocycles. The Kier molecular flexibility index (Phi) is 4.56. The number of rotatable bonds is 5. The van der Waals surface area contributed by atoms with Crippen LogP contribution in [0, 0.1) is 0 Å². The Morgan fingerprint density at radius 1 is 1.41 bits per heavy atom. The van der Waals surface area contributed by atoms with Gasteiger partial charge < -0.3 is 14.3 Å². The van der Waals surface area contributed by atoms with Crippen LogP contribution in [0.1, 0.15) is 56.1 Å². The Morgan fingerprint density at radius 3 is 3.14 bits per heavy atom. The Balaban J connectivity index is 1.58. The van der Waals surface area contributed by atoms with Gasteiger partial charge in [0.1, 0.15) is 11.6 Å². The zero-order valence-electron chi connectivity index (χ0n) is 12.9. The lowest BCUT2D eigenvalue weighted by Gasteiger charge is -2.15. The summed E-state index contributed by atoms with van der Waals surface area (Å²) < 4.78 is 7.41. The minimum atomic E-state index is -0.122. The molecule has 0 radical (unpaired) electrons. The van der Waals surface area contributed by atoms with Gasteiger partial charge in [-0.05, 0) is 31.9 Å². The van der Waals surface area contributed by atoms with Crippen molar-refractivity contribution in [2.24, 2.45) is 0 Å². The number of aryl methyl sites for hydroxylation is 2. The molecule has 0 unspecified atom stereocenters. The molecule has 0 saturated heterocycles. The molecule has 0 saturated carbocycles. The van der Waals surface area contributed by atoms with Crippen LogP contribution in [0.25, 0.3) is 0 Å². The van der Waals surface area contributed by atoms with Gasteiger partial charge in [0.05, 0.1) is 12.3 Å². The van der Waals surface area contributed by atoms with Gasteiger partial charge >= 0.3 is 0 Å². The van der Waals surface area contributed by atoms with E-state index in [1.165, 1.54) is 12.8 Å². The van der Waals surface area contributed by atoms with Crippen LogP contribution >= 0.6 is 0 Å². The van der Waals surface area contributed by atoms with E-state index in [4.69, 9.17) is 4.42 Å². The third-order valence-corrected chi connectivity index (χ3v) is 4.08. The van der Waals surface area contributed by atoms with Crippen molar-refractivity contribution in [2.75, 3.05) is 0 Å². The molecule has 0 spiro atoms. The number of furan rings is 1. The second-order valence-corrected chi connectivity index (χ2v) is 5.81. The Bertz CT molecular complexity index is 618. The molecule has 22 heavy (non-hydrogen) atoms. The van der Waals surface area contributed by atoms with Crippen molar-refractivity contribution in [2.45, 2.75) is 58.0 Å². The summed E-state index contributed by atoms with van der Waals surface area (Å²) in [4.78, 5) is 12.1. The molecule has 0 bridgehead atoms. The summed E-state index contributed by atoms with van der Waals surface area (Å²) >= 11 is 0. The zero-order chi connectivity index (χ0) is 15.4. The Hall–Kier alpha value is -2.11. The molecule has 2 aromatic rings. The lowest BCUT2D eigenvalue weighted by atomic mass is 10.2. The van der Waals surface area contributed by atoms with Gasteiger partial charge in [0.2, 0.25) is 5.91 Å². The third-order valence-electron chi connectivity index (χ3n) is 4.08. The molecule has 1 amide bonds. The van der Waals surface area contributed by atoms with Crippen LogP contribution in [0.5, 0.6) is 0 Å². The average Bonchev–Trinajstić information content (AvgIpc) is 3.10. The number of aromatic nitrogens is 3. The van der Waals surface area contributed by atoms with E-state index in [-0.39, 0.29) is 11.9 Å². The summed E-state index contributed by atoms with van der Waals surface area (Å²) in [6.07, 6.45) is 7.18. The van der Waals surface area contributed by atoms with E-state index in [1.807, 2.05) is 19.1 Å². The van der Waals surface area contributed by atoms with Crippen LogP contribution in [0.2, 0.25) is 0 Å². The number of amides is 1. The number of nitrogens with one attached hydrogen (secondary N) is 1. The van der Waals surface area contributed by atoms with Gasteiger partial charge in [0.25, 0.3) is 0 Å². The van der Waals surface area contributed by atoms with Gasteiger partial charge in [-0.25, -0.2) is 0 Å². The van der Waals surface area contributed by atoms with Crippen LogP contribution in [0.4, 0.5) is 0 Å². The number of carbonyl (C=O) groups excluding carboxylic acids is 1. The third kappa shape index (κ3) is 3.37. The molecule has 0 fully saturated rings. The number of fused-ring (bicyclic) bond motifs is 1. The number of hydrogen-bond donors (Lipinski definition) is 1. The van der Waals surface area contributed by atoms with Gasteiger partial charge in [0, 0.05) is 25.8 Å². The van der Waals surface area contributed by atoms with Gasteiger partial charge in [-0.1, -0.05) is 6.42 Å². The fraction of sp³-hybridized carbons (Fsp3) is 0.562. The summed E-state index contributed by atoms with van der Waals surface area (Å²) in [5.74, 6) is 2.75. The molecule has 0 aliphatic carbocycles. The predicted molar refractivity (Wildman–Crippen MR) is 81.2 cm³/mol. The van der Waals surface area contributed by atoms with Crippen molar-refractivity contribution in [3.8, 4) is 0 Å². The minimum absolute atomic E-state index is 0.00914. The van der Waals surface area contributed by atoms with E-state index in [0.717, 1.165) is 36.8 Å². The van der Waals surface area contributed by atoms with Gasteiger partial charge in [-0.3, -0.25) is 4.79 Å². The van der Waals surface area contributed by atoms with E-state index in [9.17, 15) is 4.79 Å². The second-order valence-electron chi connectivity index (χ2n) is 5.81. The van der Waals surface area contributed by atoms with Gasteiger partial charge in [0.15, 0.2) is 5.82 Å². The fourth-order valence-corrected chi connectivity index (χ4v) is 2.90. The topological polar surface area (TPSA) is 73.0 Å². The highest BCUT2D eigenvalue weighted by molar-refractivity contribution is 5.76. The van der Waals surface area contributed by atoms with Gasteiger partial charge in [-0.2, -0.15) is 0 Å². The quantitative estimate of drug-likeness (QED) is 0.920. The van der Waals surface area contributed by atoms with Crippen molar-refractivity contribution < 1.29 is 9.21 Å². The molecule has 118 valence electrons. The summed E-state index contributed by atoms with van der Waals surface area (Å²) in [5.41, 5.74) is 0. The monoisotopic (exact) mass is 302 g/mol. The Labute approximate surface area is 129 Å². The van der Waals surface area contributed by atoms with Crippen LogP contribution in [0.3, 0.4) is 0 Å². The Morgan fingerprint density at radius 2 is 2.32 bits per heavy atom. The maximum atomic E-state index is 12.1. The molecule has 2 aromatic heterocycles. The lowest BCUT2D eigenvalue weighted by molar-refractivity contribution is -0.121. The number of carbonyl (C=O) groups is 1. The molecule has 3 heterocycles. The number of nitrogens with zero attached hydrogens (tertiary/aromatic N) is 3. The highest BCUT2D eigenvalue weighted by Gasteiger charge is 2.20. The molecular formula is C16H22N4O2. The first-order valence-corrected chi connectivity index (χ1v) is 7.98. The molecule has 6 nitrogen and oxygen atoms in total. The van der Waals surface area contributed by atoms with Crippen molar-refractivity contribution in [1.29, 1.82) is 0 Å². The standard InChI is InChI=1S/C16H22N4O2/c1-12(17-15(21)9-8-13-6-5-11-22-13)16-19-18-14-7-3-2-4-10-20(14)16/h5-6,11-12H,2-4,7-10H2,1H3,(H,17,21)/t12-/m1/s1. The van der Waals surface area contributed by atoms with E-state index in [0.29, 0.717) is 12.8 Å². The van der Waals surface area contributed by atoms with E-state index >= 15 is 0 Å². The fourth-order valence-electron chi connectivity index (χ4n) is 2.90. The van der Waals surface area contributed by atoms with Crippen molar-refractivity contribution in [3.63, 3.8) is 0 Å². The lowest BCUT2D eigenvalue weighted by Crippen LogP contribution is -2.29. The summed E-state index contributed by atoms with van der Waals surface area (Å²) in [6, 6.07) is 3.60. The SMILES string of the molecule is C[C@@H](NC(=O)CCc1ccco1)c1nnc2n1CCCCC2. The van der Waals surface area contributed by atoms with E-state index in [2.05, 4.69) is 20.1 Å². The molecule has 3 rings (SSSR count). The van der Waals surface area contributed by atoms with Crippen molar-refractivity contribution >= 4 is 5.91 Å². The highest BCUT2D eigenvalue weighted by atomic mass is 16.3. The van der Waals surface area contributed by atoms with Crippen molar-refractivity contribution in [1.82, 2.24) is 20.1 Å². The average molecular weight is 302 g/mol. The molecule has 1 atom stereocenters. The van der Waals surface area contributed by atoms with Crippen LogP contribution in [0.15, 0.2) is 22.8 Å². The molecular weight excluding hydrogens is 280 g/mol. The predicted octanol–water partition coefficient (Wildman–Crippen LogP) is 2.41. The minimum Gasteiger partial charge on any atom is -0.469 e. The molecule has 0 aromatic carbocycles. The summed E-state index contributed by atoms with van der Waals surface area (Å²) in [6.45, 7) is 2.91. The summed E-state index contributed by atoms with van der Waals surface area (Å²) in [7, 11) is 0. The largest absolute Gasteiger partial charge is 0.469 e. The smallest absolute Gasteiger partial charge is 0.221 e. The van der Waals surface area contributed by atoms with Crippen LogP contribution < -0.4 is 5.32 Å². The zero-order valence-corrected chi connectivity index (χ0v) is 12.9. The van der Waals surface area contributed by atoms with E-state index in [1.54, 1.807) is 6.26 Å². The first-order chi connectivity index (χ1) is 10.7. The maximum Gasteiger partial charge on any atom is 0.221 e. The summed E-state index contributed by atoms with van der Waals surface area (Å²) in [5, 5.41) is 11.6. The first kappa shape index (κ1) is 14.8. The first-order valence-electron chi connectivity index (χ1n) is 7.98. The molecule has 1 aliphatic rings. The van der Waals surface area contributed by atoms with E-state index < -0.39 is 0 Å². The highest BCUT2D eigenvalue weighted by Crippen LogP contribution is 2.18.